The molecule has 0 saturated carbocycles. The van der Waals surface area contributed by atoms with Gasteiger partial charge in [0.1, 0.15) is 0 Å². The molecule has 1 nitrogen and oxygen atoms in total. The van der Waals surface area contributed by atoms with Gasteiger partial charge in [-0.25, -0.2) is 0 Å². The summed E-state index contributed by atoms with van der Waals surface area (Å²) in [7, 11) is 0. The van der Waals surface area contributed by atoms with Crippen molar-refractivity contribution in [2.75, 3.05) is 0 Å². The molecule has 0 radical (unpaired) electrons. The normalized spacial score (nSPS) is 27.1. The summed E-state index contributed by atoms with van der Waals surface area (Å²) in [5.41, 5.74) is 1.38. The Balaban J connectivity index is 2.08. The van der Waals surface area contributed by atoms with Gasteiger partial charge in [-0.1, -0.05) is 42.5 Å². The van der Waals surface area contributed by atoms with Crippen LogP contribution in [0.1, 0.15) is 30.9 Å². The number of thiocarbonyl (C=S) groups is 1. The van der Waals surface area contributed by atoms with Gasteiger partial charge in [0, 0.05) is 12.1 Å². The predicted molar refractivity (Wildman–Crippen MR) is 63.6 cm³/mol. The zero-order valence-electron chi connectivity index (χ0n) is 8.15. The molecule has 1 heterocycles. The molecule has 1 aliphatic rings. The minimum Gasteiger partial charge on any atom is -0.303 e. The molecule has 1 fully saturated rings. The first-order valence-corrected chi connectivity index (χ1v) is 5.63. The van der Waals surface area contributed by atoms with Crippen molar-refractivity contribution in [3.05, 3.63) is 35.9 Å². The van der Waals surface area contributed by atoms with Crippen molar-refractivity contribution < 1.29 is 0 Å². The smallest absolute Gasteiger partial charge is 0.0358 e. The Morgan fingerprint density at radius 3 is 2.71 bits per heavy atom. The van der Waals surface area contributed by atoms with Gasteiger partial charge in [0.15, 0.2) is 0 Å². The average Bonchev–Trinajstić information content (AvgIpc) is 2.30. The highest BCUT2D eigenvalue weighted by Gasteiger charge is 2.19. The molecule has 0 aliphatic carbocycles. The summed E-state index contributed by atoms with van der Waals surface area (Å²) in [6.45, 7) is 0. The second-order valence-corrected chi connectivity index (χ2v) is 4.08. The Kier molecular flexibility index (Phi) is 3.27. The van der Waals surface area contributed by atoms with Gasteiger partial charge in [0.05, 0.1) is 0 Å². The van der Waals surface area contributed by atoms with Gasteiger partial charge in [0.2, 0.25) is 0 Å². The van der Waals surface area contributed by atoms with E-state index in [1.807, 2.05) is 5.37 Å². The second kappa shape index (κ2) is 4.67. The third-order valence-electron chi connectivity index (χ3n) is 2.79. The van der Waals surface area contributed by atoms with Crippen LogP contribution in [0.3, 0.4) is 0 Å². The van der Waals surface area contributed by atoms with Crippen molar-refractivity contribution in [1.29, 1.82) is 0 Å². The molecular formula is C12H15NS. The molecule has 0 bridgehead atoms. The van der Waals surface area contributed by atoms with Crippen molar-refractivity contribution >= 4 is 17.6 Å². The van der Waals surface area contributed by atoms with Crippen LogP contribution in [-0.4, -0.2) is 11.4 Å². The van der Waals surface area contributed by atoms with Crippen LogP contribution < -0.4 is 5.32 Å². The maximum atomic E-state index is 4.99. The fourth-order valence-corrected chi connectivity index (χ4v) is 2.24. The van der Waals surface area contributed by atoms with Crippen LogP contribution in [-0.2, 0) is 0 Å². The third-order valence-corrected chi connectivity index (χ3v) is 3.12. The molecular weight excluding hydrogens is 190 g/mol. The SMILES string of the molecule is S=CC1CCCC(c2ccccc2)N1. The summed E-state index contributed by atoms with van der Waals surface area (Å²) in [4.78, 5) is 0. The Hall–Kier alpha value is -0.730. The first-order valence-electron chi connectivity index (χ1n) is 5.16. The molecule has 1 aromatic rings. The Morgan fingerprint density at radius 1 is 1.21 bits per heavy atom. The highest BCUT2D eigenvalue weighted by atomic mass is 32.1. The zero-order chi connectivity index (χ0) is 9.80. The van der Waals surface area contributed by atoms with Gasteiger partial charge in [-0.2, -0.15) is 0 Å². The highest BCUT2D eigenvalue weighted by molar-refractivity contribution is 7.79. The van der Waals surface area contributed by atoms with Crippen LogP contribution in [0.5, 0.6) is 0 Å². The molecule has 1 aromatic carbocycles. The van der Waals surface area contributed by atoms with E-state index in [0.717, 1.165) is 0 Å². The monoisotopic (exact) mass is 205 g/mol. The number of hydrogen-bond donors (Lipinski definition) is 1. The molecule has 1 N–H and O–H groups in total. The van der Waals surface area contributed by atoms with E-state index in [2.05, 4.69) is 35.6 Å². The first-order chi connectivity index (χ1) is 6.90. The van der Waals surface area contributed by atoms with Crippen LogP contribution in [0.2, 0.25) is 0 Å². The van der Waals surface area contributed by atoms with Crippen molar-refractivity contribution in [1.82, 2.24) is 5.32 Å². The Morgan fingerprint density at radius 2 is 2.00 bits per heavy atom. The van der Waals surface area contributed by atoms with Crippen molar-refractivity contribution in [3.8, 4) is 0 Å². The average molecular weight is 205 g/mol. The lowest BCUT2D eigenvalue weighted by Crippen LogP contribution is -2.37. The highest BCUT2D eigenvalue weighted by Crippen LogP contribution is 2.24. The van der Waals surface area contributed by atoms with Crippen molar-refractivity contribution in [2.24, 2.45) is 0 Å². The minimum absolute atomic E-state index is 0.420. The molecule has 2 rings (SSSR count). The molecule has 0 amide bonds. The number of hydrogen-bond acceptors (Lipinski definition) is 2. The van der Waals surface area contributed by atoms with Crippen LogP contribution in [0.15, 0.2) is 30.3 Å². The molecule has 0 aromatic heterocycles. The summed E-state index contributed by atoms with van der Waals surface area (Å²) in [6, 6.07) is 11.5. The van der Waals surface area contributed by atoms with E-state index in [0.29, 0.717) is 12.1 Å². The topological polar surface area (TPSA) is 12.0 Å². The van der Waals surface area contributed by atoms with Crippen LogP contribution in [0, 0.1) is 0 Å². The number of nitrogens with one attached hydrogen (secondary N) is 1. The molecule has 2 heteroatoms. The predicted octanol–water partition coefficient (Wildman–Crippen LogP) is 2.87. The lowest BCUT2D eigenvalue weighted by atomic mass is 9.94. The summed E-state index contributed by atoms with van der Waals surface area (Å²) in [5.74, 6) is 0. The summed E-state index contributed by atoms with van der Waals surface area (Å²) >= 11 is 4.99. The van der Waals surface area contributed by atoms with Crippen LogP contribution in [0.25, 0.3) is 0 Å². The van der Waals surface area contributed by atoms with Crippen LogP contribution in [0.4, 0.5) is 0 Å². The molecule has 14 heavy (non-hydrogen) atoms. The summed E-state index contributed by atoms with van der Waals surface area (Å²) in [5, 5.41) is 5.42. The number of piperidine rings is 1. The van der Waals surface area contributed by atoms with E-state index in [1.54, 1.807) is 0 Å². The third kappa shape index (κ3) is 2.20. The van der Waals surface area contributed by atoms with E-state index in [1.165, 1.54) is 24.8 Å². The molecule has 0 spiro atoms. The minimum atomic E-state index is 0.420. The number of benzene rings is 1. The van der Waals surface area contributed by atoms with E-state index in [9.17, 15) is 0 Å². The van der Waals surface area contributed by atoms with Crippen molar-refractivity contribution in [2.45, 2.75) is 31.3 Å². The molecule has 74 valence electrons. The Labute approximate surface area is 90.5 Å². The summed E-state index contributed by atoms with van der Waals surface area (Å²) in [6.07, 6.45) is 3.68. The number of rotatable bonds is 2. The fraction of sp³-hybridized carbons (Fsp3) is 0.417. The lowest BCUT2D eigenvalue weighted by molar-refractivity contribution is 0.381. The molecule has 1 saturated heterocycles. The molecule has 2 unspecified atom stereocenters. The first kappa shape index (κ1) is 9.81. The van der Waals surface area contributed by atoms with Gasteiger partial charge in [0.25, 0.3) is 0 Å². The standard InChI is InChI=1S/C12H15NS/c14-9-11-7-4-8-12(13-11)10-5-2-1-3-6-10/h1-3,5-6,9,11-13H,4,7-8H2. The lowest BCUT2D eigenvalue weighted by Gasteiger charge is -2.29. The van der Waals surface area contributed by atoms with E-state index in [4.69, 9.17) is 12.2 Å². The fourth-order valence-electron chi connectivity index (χ4n) is 2.02. The van der Waals surface area contributed by atoms with Gasteiger partial charge in [-0.3, -0.25) is 0 Å². The van der Waals surface area contributed by atoms with E-state index < -0.39 is 0 Å². The van der Waals surface area contributed by atoms with Crippen LogP contribution >= 0.6 is 12.2 Å². The van der Waals surface area contributed by atoms with Gasteiger partial charge in [-0.05, 0) is 30.2 Å². The summed E-state index contributed by atoms with van der Waals surface area (Å²) < 4.78 is 0. The second-order valence-electron chi connectivity index (χ2n) is 3.80. The largest absolute Gasteiger partial charge is 0.303 e. The van der Waals surface area contributed by atoms with Gasteiger partial charge < -0.3 is 5.32 Å². The van der Waals surface area contributed by atoms with Gasteiger partial charge >= 0.3 is 0 Å². The van der Waals surface area contributed by atoms with Gasteiger partial charge in [-0.15, -0.1) is 0 Å². The molecule has 2 atom stereocenters. The molecule has 1 aliphatic heterocycles. The van der Waals surface area contributed by atoms with E-state index in [-0.39, 0.29) is 0 Å². The maximum Gasteiger partial charge on any atom is 0.0358 e. The maximum absolute atomic E-state index is 4.99. The zero-order valence-corrected chi connectivity index (χ0v) is 8.96. The van der Waals surface area contributed by atoms with E-state index >= 15 is 0 Å². The Bertz CT molecular complexity index is 296. The van der Waals surface area contributed by atoms with Crippen molar-refractivity contribution in [3.63, 3.8) is 0 Å². The quantitative estimate of drug-likeness (QED) is 0.745.